The molecule has 0 aliphatic heterocycles. The lowest BCUT2D eigenvalue weighted by atomic mass is 10.1. The van der Waals surface area contributed by atoms with E-state index in [-0.39, 0.29) is 11.8 Å². The summed E-state index contributed by atoms with van der Waals surface area (Å²) in [6, 6.07) is 15.2. The molecule has 0 saturated carbocycles. The zero-order valence-electron chi connectivity index (χ0n) is 18.9. The zero-order chi connectivity index (χ0) is 22.8. The lowest BCUT2D eigenvalue weighted by molar-refractivity contribution is -0.141. The minimum Gasteiger partial charge on any atom is -0.354 e. The van der Waals surface area contributed by atoms with E-state index in [0.717, 1.165) is 10.5 Å². The lowest BCUT2D eigenvalue weighted by Crippen LogP contribution is -2.49. The largest absolute Gasteiger partial charge is 0.354 e. The van der Waals surface area contributed by atoms with Crippen molar-refractivity contribution in [3.63, 3.8) is 0 Å². The molecule has 168 valence electrons. The van der Waals surface area contributed by atoms with E-state index in [1.807, 2.05) is 31.2 Å². The lowest BCUT2D eigenvalue weighted by Gasteiger charge is -2.31. The van der Waals surface area contributed by atoms with Crippen molar-refractivity contribution in [2.24, 2.45) is 5.92 Å². The van der Waals surface area contributed by atoms with E-state index < -0.39 is 6.04 Å². The van der Waals surface area contributed by atoms with Crippen molar-refractivity contribution >= 4 is 35.2 Å². The van der Waals surface area contributed by atoms with Crippen LogP contribution in [0.25, 0.3) is 0 Å². The average Bonchev–Trinajstić information content (AvgIpc) is 2.74. The molecular weight excluding hydrogens is 428 g/mol. The molecule has 1 N–H and O–H groups in total. The second kappa shape index (κ2) is 12.8. The van der Waals surface area contributed by atoms with Crippen LogP contribution >= 0.6 is 23.4 Å². The van der Waals surface area contributed by atoms with Gasteiger partial charge in [-0.25, -0.2) is 0 Å². The van der Waals surface area contributed by atoms with Gasteiger partial charge in [0.25, 0.3) is 0 Å². The normalized spacial score (nSPS) is 11.9. The molecule has 31 heavy (non-hydrogen) atoms. The number of hydrogen-bond donors (Lipinski definition) is 1. The van der Waals surface area contributed by atoms with Crippen molar-refractivity contribution in [2.75, 3.05) is 12.3 Å². The number of aryl methyl sites for hydroxylation is 1. The molecular formula is C25H33ClN2O2S. The van der Waals surface area contributed by atoms with Crippen LogP contribution < -0.4 is 5.32 Å². The highest BCUT2D eigenvalue weighted by Crippen LogP contribution is 2.23. The highest BCUT2D eigenvalue weighted by molar-refractivity contribution is 7.99. The van der Waals surface area contributed by atoms with E-state index in [9.17, 15) is 9.59 Å². The Morgan fingerprint density at radius 3 is 2.39 bits per heavy atom. The summed E-state index contributed by atoms with van der Waals surface area (Å²) in [6.07, 6.45) is 0.905. The van der Waals surface area contributed by atoms with Crippen LogP contribution in [0.1, 0.15) is 44.7 Å². The summed E-state index contributed by atoms with van der Waals surface area (Å²) in [4.78, 5) is 28.9. The maximum atomic E-state index is 13.2. The standard InChI is InChI=1S/C25H33ClN2O2S/c1-5-23(25(30)27-16-18(2)3)28(17-20-8-6-7-9-22(20)26)24(29)14-15-31-21-12-10-19(4)11-13-21/h6-13,18,23H,5,14-17H2,1-4H3,(H,27,30)/t23-/m0/s1. The molecule has 6 heteroatoms. The van der Waals surface area contributed by atoms with Crippen LogP contribution in [0, 0.1) is 12.8 Å². The third-order valence-corrected chi connectivity index (χ3v) is 6.36. The van der Waals surface area contributed by atoms with Gasteiger partial charge in [-0.15, -0.1) is 11.8 Å². The Morgan fingerprint density at radius 1 is 1.10 bits per heavy atom. The minimum atomic E-state index is -0.521. The molecule has 0 radical (unpaired) electrons. The summed E-state index contributed by atoms with van der Waals surface area (Å²) in [5.41, 5.74) is 2.06. The first-order valence-electron chi connectivity index (χ1n) is 10.8. The van der Waals surface area contributed by atoms with E-state index >= 15 is 0 Å². The molecule has 0 aliphatic rings. The van der Waals surface area contributed by atoms with Crippen LogP contribution in [-0.2, 0) is 16.1 Å². The van der Waals surface area contributed by atoms with Crippen molar-refractivity contribution in [3.8, 4) is 0 Å². The Bertz CT molecular complexity index is 855. The van der Waals surface area contributed by atoms with Gasteiger partial charge in [0, 0.05) is 35.2 Å². The maximum absolute atomic E-state index is 13.2. The van der Waals surface area contributed by atoms with Crippen molar-refractivity contribution in [1.82, 2.24) is 10.2 Å². The highest BCUT2D eigenvalue weighted by Gasteiger charge is 2.28. The van der Waals surface area contributed by atoms with E-state index in [2.05, 4.69) is 50.4 Å². The Hall–Kier alpha value is -1.98. The predicted octanol–water partition coefficient (Wildman–Crippen LogP) is 5.71. The fourth-order valence-corrected chi connectivity index (χ4v) is 4.22. The molecule has 2 amide bonds. The number of nitrogens with zero attached hydrogens (tertiary/aromatic N) is 1. The van der Waals surface area contributed by atoms with Crippen LogP contribution in [0.5, 0.6) is 0 Å². The molecule has 0 fully saturated rings. The number of benzene rings is 2. The second-order valence-electron chi connectivity index (χ2n) is 8.09. The maximum Gasteiger partial charge on any atom is 0.242 e. The minimum absolute atomic E-state index is 0.0360. The van der Waals surface area contributed by atoms with Gasteiger partial charge in [0.2, 0.25) is 11.8 Å². The summed E-state index contributed by atoms with van der Waals surface area (Å²) >= 11 is 8.01. The number of halogens is 1. The van der Waals surface area contributed by atoms with Gasteiger partial charge in [0.1, 0.15) is 6.04 Å². The molecule has 0 heterocycles. The fraction of sp³-hybridized carbons (Fsp3) is 0.440. The molecule has 0 aliphatic carbocycles. The van der Waals surface area contributed by atoms with Crippen LogP contribution in [0.15, 0.2) is 53.4 Å². The number of thioether (sulfide) groups is 1. The van der Waals surface area contributed by atoms with Crippen LogP contribution in [0.4, 0.5) is 0 Å². The number of carbonyl (C=O) groups is 2. The average molecular weight is 461 g/mol. The molecule has 2 rings (SSSR count). The van der Waals surface area contributed by atoms with Gasteiger partial charge in [-0.3, -0.25) is 9.59 Å². The summed E-state index contributed by atoms with van der Waals surface area (Å²) < 4.78 is 0. The third-order valence-electron chi connectivity index (χ3n) is 4.97. The molecule has 0 bridgehead atoms. The van der Waals surface area contributed by atoms with Crippen molar-refractivity contribution in [2.45, 2.75) is 58.0 Å². The molecule has 0 unspecified atom stereocenters. The monoisotopic (exact) mass is 460 g/mol. The van der Waals surface area contributed by atoms with Crippen LogP contribution in [0.3, 0.4) is 0 Å². The molecule has 4 nitrogen and oxygen atoms in total. The quantitative estimate of drug-likeness (QED) is 0.437. The molecule has 0 spiro atoms. The smallest absolute Gasteiger partial charge is 0.242 e. The summed E-state index contributed by atoms with van der Waals surface area (Å²) in [5.74, 6) is 0.860. The van der Waals surface area contributed by atoms with Crippen molar-refractivity contribution in [3.05, 3.63) is 64.7 Å². The van der Waals surface area contributed by atoms with Crippen LogP contribution in [-0.4, -0.2) is 35.1 Å². The third kappa shape index (κ3) is 8.23. The predicted molar refractivity (Wildman–Crippen MR) is 130 cm³/mol. The number of amides is 2. The van der Waals surface area contributed by atoms with E-state index in [1.165, 1.54) is 5.56 Å². The summed E-state index contributed by atoms with van der Waals surface area (Å²) in [7, 11) is 0. The Morgan fingerprint density at radius 2 is 1.77 bits per heavy atom. The fourth-order valence-electron chi connectivity index (χ4n) is 3.19. The van der Waals surface area contributed by atoms with Gasteiger partial charge in [0.05, 0.1) is 0 Å². The van der Waals surface area contributed by atoms with Gasteiger partial charge < -0.3 is 10.2 Å². The van der Waals surface area contributed by atoms with Gasteiger partial charge in [-0.1, -0.05) is 68.3 Å². The zero-order valence-corrected chi connectivity index (χ0v) is 20.4. The first-order valence-corrected chi connectivity index (χ1v) is 12.2. The number of nitrogens with one attached hydrogen (secondary N) is 1. The SMILES string of the molecule is CC[C@@H](C(=O)NCC(C)C)N(Cc1ccccc1Cl)C(=O)CCSc1ccc(C)cc1. The first kappa shape index (κ1) is 25.3. The Balaban J connectivity index is 2.12. The number of carbonyl (C=O) groups excluding carboxylic acids is 2. The van der Waals surface area contributed by atoms with Crippen molar-refractivity contribution in [1.29, 1.82) is 0 Å². The molecule has 2 aromatic rings. The van der Waals surface area contributed by atoms with E-state index in [4.69, 9.17) is 11.6 Å². The van der Waals surface area contributed by atoms with Crippen LogP contribution in [0.2, 0.25) is 5.02 Å². The number of hydrogen-bond acceptors (Lipinski definition) is 3. The topological polar surface area (TPSA) is 49.4 Å². The summed E-state index contributed by atoms with van der Waals surface area (Å²) in [6.45, 7) is 9.01. The summed E-state index contributed by atoms with van der Waals surface area (Å²) in [5, 5.41) is 3.59. The second-order valence-corrected chi connectivity index (χ2v) is 9.66. The van der Waals surface area contributed by atoms with Gasteiger partial charge in [0.15, 0.2) is 0 Å². The first-order chi connectivity index (χ1) is 14.8. The van der Waals surface area contributed by atoms with E-state index in [1.54, 1.807) is 16.7 Å². The molecule has 0 aromatic heterocycles. The highest BCUT2D eigenvalue weighted by atomic mass is 35.5. The van der Waals surface area contributed by atoms with E-state index in [0.29, 0.717) is 42.6 Å². The van der Waals surface area contributed by atoms with Gasteiger partial charge >= 0.3 is 0 Å². The molecule has 0 saturated heterocycles. The number of rotatable bonds is 11. The molecule has 1 atom stereocenters. The van der Waals surface area contributed by atoms with Gasteiger partial charge in [-0.2, -0.15) is 0 Å². The van der Waals surface area contributed by atoms with Crippen molar-refractivity contribution < 1.29 is 9.59 Å². The Kier molecular flexibility index (Phi) is 10.4. The molecule has 2 aromatic carbocycles. The van der Waals surface area contributed by atoms with Gasteiger partial charge in [-0.05, 0) is 43.0 Å². The Labute approximate surface area is 195 Å².